The van der Waals surface area contributed by atoms with E-state index >= 15 is 0 Å². The number of carbonyl (C=O) groups excluding carboxylic acids is 1. The minimum atomic E-state index is -0.830. The molecule has 5 rings (SSSR count). The van der Waals surface area contributed by atoms with Gasteiger partial charge in [0.05, 0.1) is 16.0 Å². The van der Waals surface area contributed by atoms with Crippen LogP contribution in [-0.2, 0) is 22.0 Å². The highest BCUT2D eigenvalue weighted by atomic mass is 35.5. The highest BCUT2D eigenvalue weighted by Crippen LogP contribution is 2.49. The van der Waals surface area contributed by atoms with Crippen LogP contribution < -0.4 is 5.32 Å². The zero-order chi connectivity index (χ0) is 28.3. The molecular weight excluding hydrogens is 531 g/mol. The number of amides is 1. The number of aromatic nitrogens is 1. The van der Waals surface area contributed by atoms with E-state index in [-0.39, 0.29) is 22.8 Å². The average molecular weight is 574 g/mol. The molecule has 1 aromatic carbocycles. The third-order valence-electron chi connectivity index (χ3n) is 9.56. The number of carboxylic acids is 1. The largest absolute Gasteiger partial charge is 0.481 e. The second-order valence-corrected chi connectivity index (χ2v) is 14.7. The predicted octanol–water partition coefficient (Wildman–Crippen LogP) is 8.24. The number of hydrogen-bond acceptors (Lipinski definition) is 2. The number of hydrogen-bond donors (Lipinski definition) is 2. The molecule has 0 spiro atoms. The number of nitrogens with one attached hydrogen (secondary N) is 1. The molecule has 3 fully saturated rings. The summed E-state index contributed by atoms with van der Waals surface area (Å²) in [5.74, 6) is -0.651. The van der Waals surface area contributed by atoms with Gasteiger partial charge in [0.15, 0.2) is 0 Å². The summed E-state index contributed by atoms with van der Waals surface area (Å²) >= 11 is 14.2. The van der Waals surface area contributed by atoms with Crippen LogP contribution in [0.15, 0.2) is 18.2 Å². The average Bonchev–Trinajstić information content (AvgIpc) is 3.55. The van der Waals surface area contributed by atoms with Crippen molar-refractivity contribution in [3.8, 4) is 5.69 Å². The summed E-state index contributed by atoms with van der Waals surface area (Å²) < 4.78 is 2.03. The van der Waals surface area contributed by atoms with Crippen molar-refractivity contribution < 1.29 is 14.7 Å². The van der Waals surface area contributed by atoms with E-state index in [0.29, 0.717) is 34.5 Å². The fourth-order valence-electron chi connectivity index (χ4n) is 6.43. The quantitative estimate of drug-likeness (QED) is 0.351. The van der Waals surface area contributed by atoms with Crippen LogP contribution >= 0.6 is 23.2 Å². The molecule has 2 aromatic rings. The van der Waals surface area contributed by atoms with Gasteiger partial charge in [0.2, 0.25) is 0 Å². The van der Waals surface area contributed by atoms with Gasteiger partial charge in [-0.2, -0.15) is 0 Å². The molecule has 0 radical (unpaired) electrons. The lowest BCUT2D eigenvalue weighted by molar-refractivity contribution is -0.154. The number of aliphatic carboxylic acids is 1. The summed E-state index contributed by atoms with van der Waals surface area (Å²) in [6.45, 7) is 10.7. The minimum absolute atomic E-state index is 0.0514. The summed E-state index contributed by atoms with van der Waals surface area (Å²) in [5.41, 5.74) is 4.03. The maximum atomic E-state index is 13.6. The van der Waals surface area contributed by atoms with E-state index in [9.17, 15) is 14.7 Å². The zero-order valence-electron chi connectivity index (χ0n) is 23.9. The Kier molecular flexibility index (Phi) is 7.42. The Hall–Kier alpha value is -1.98. The molecule has 7 heteroatoms. The van der Waals surface area contributed by atoms with Crippen LogP contribution in [0.4, 0.5) is 0 Å². The van der Waals surface area contributed by atoms with Crippen LogP contribution in [0.1, 0.15) is 120 Å². The van der Waals surface area contributed by atoms with Crippen molar-refractivity contribution in [2.45, 2.75) is 116 Å². The number of carbonyl (C=O) groups is 2. The van der Waals surface area contributed by atoms with E-state index in [1.807, 2.05) is 4.57 Å². The van der Waals surface area contributed by atoms with Gasteiger partial charge in [0.1, 0.15) is 5.15 Å². The van der Waals surface area contributed by atoms with Crippen LogP contribution in [0.2, 0.25) is 10.2 Å². The minimum Gasteiger partial charge on any atom is -0.481 e. The number of nitrogens with zero attached hydrogens (tertiary/aromatic N) is 1. The Balaban J connectivity index is 1.57. The molecule has 3 aliphatic carbocycles. The second kappa shape index (κ2) is 10.1. The smallest absolute Gasteiger partial charge is 0.309 e. The van der Waals surface area contributed by atoms with Crippen LogP contribution in [0, 0.1) is 11.3 Å². The van der Waals surface area contributed by atoms with Gasteiger partial charge >= 0.3 is 5.97 Å². The molecule has 2 N–H and O–H groups in total. The van der Waals surface area contributed by atoms with Crippen LogP contribution in [-0.4, -0.2) is 27.6 Å². The van der Waals surface area contributed by atoms with E-state index < -0.39 is 11.4 Å². The standard InChI is InChI=1S/C32H42Cl2N2O3/c1-30(2,3)20-14-21(31(4)11-12-31)16-23(15-20)36-24(13-19-9-7-6-8-10-19)26(33)25(27(36)34)28(37)35-22-17-32(5,18-22)29(38)39/h14-16,19,22H,6-13,17-18H2,1-5H3,(H,35,37)(H,38,39). The van der Waals surface area contributed by atoms with Crippen molar-refractivity contribution in [1.29, 1.82) is 0 Å². The first kappa shape index (κ1) is 28.5. The van der Waals surface area contributed by atoms with Gasteiger partial charge in [-0.3, -0.25) is 9.59 Å². The third-order valence-corrected chi connectivity index (χ3v) is 10.3. The summed E-state index contributed by atoms with van der Waals surface area (Å²) in [5, 5.41) is 13.2. The van der Waals surface area contributed by atoms with Crippen molar-refractivity contribution in [2.75, 3.05) is 0 Å². The summed E-state index contributed by atoms with van der Waals surface area (Å²) in [6, 6.07) is 6.57. The Morgan fingerprint density at radius 3 is 2.26 bits per heavy atom. The fraction of sp³-hybridized carbons (Fsp3) is 0.625. The first-order chi connectivity index (χ1) is 18.2. The molecular formula is C32H42Cl2N2O3. The van der Waals surface area contributed by atoms with E-state index in [2.05, 4.69) is 51.2 Å². The molecule has 0 bridgehead atoms. The van der Waals surface area contributed by atoms with Crippen LogP contribution in [0.3, 0.4) is 0 Å². The molecule has 212 valence electrons. The van der Waals surface area contributed by atoms with E-state index in [0.717, 1.165) is 30.6 Å². The highest BCUT2D eigenvalue weighted by Gasteiger charge is 2.47. The van der Waals surface area contributed by atoms with Gasteiger partial charge in [0.25, 0.3) is 5.91 Å². The van der Waals surface area contributed by atoms with Crippen molar-refractivity contribution >= 4 is 35.1 Å². The Morgan fingerprint density at radius 2 is 1.69 bits per heavy atom. The lowest BCUT2D eigenvalue weighted by Crippen LogP contribution is -2.52. The molecule has 1 amide bonds. The van der Waals surface area contributed by atoms with Crippen molar-refractivity contribution in [2.24, 2.45) is 11.3 Å². The monoisotopic (exact) mass is 572 g/mol. The first-order valence-electron chi connectivity index (χ1n) is 14.5. The van der Waals surface area contributed by atoms with Gasteiger partial charge in [-0.25, -0.2) is 0 Å². The number of benzene rings is 1. The number of rotatable bonds is 7. The molecule has 3 aliphatic rings. The molecule has 39 heavy (non-hydrogen) atoms. The van der Waals surface area contributed by atoms with E-state index in [4.69, 9.17) is 23.2 Å². The van der Waals surface area contributed by atoms with Crippen molar-refractivity contribution in [3.63, 3.8) is 0 Å². The Bertz CT molecular complexity index is 1270. The third kappa shape index (κ3) is 5.51. The molecule has 0 aliphatic heterocycles. The van der Waals surface area contributed by atoms with Crippen molar-refractivity contribution in [3.05, 3.63) is 50.8 Å². The van der Waals surface area contributed by atoms with E-state index in [1.165, 1.54) is 43.2 Å². The van der Waals surface area contributed by atoms with Crippen LogP contribution in [0.25, 0.3) is 5.69 Å². The normalized spacial score (nSPS) is 24.7. The Labute approximate surface area is 242 Å². The molecule has 0 saturated heterocycles. The SMILES string of the molecule is CC1(C(=O)O)CC(NC(=O)c2c(Cl)c(CC3CCCCC3)n(-c3cc(C(C)(C)C)cc(C4(C)CC4)c3)c2Cl)C1. The summed E-state index contributed by atoms with van der Waals surface area (Å²) in [7, 11) is 0. The molecule has 5 nitrogen and oxygen atoms in total. The lowest BCUT2D eigenvalue weighted by Gasteiger charge is -2.41. The summed E-state index contributed by atoms with van der Waals surface area (Å²) in [6.07, 6.45) is 9.92. The first-order valence-corrected chi connectivity index (χ1v) is 15.3. The number of halogens is 2. The van der Waals surface area contributed by atoms with Gasteiger partial charge in [0, 0.05) is 17.4 Å². The molecule has 0 atom stereocenters. The number of carboxylic acid groups (broad SMARTS) is 1. The van der Waals surface area contributed by atoms with Gasteiger partial charge < -0.3 is 15.0 Å². The van der Waals surface area contributed by atoms with Gasteiger partial charge in [-0.15, -0.1) is 0 Å². The maximum Gasteiger partial charge on any atom is 0.309 e. The predicted molar refractivity (Wildman–Crippen MR) is 158 cm³/mol. The zero-order valence-corrected chi connectivity index (χ0v) is 25.4. The van der Waals surface area contributed by atoms with Crippen molar-refractivity contribution in [1.82, 2.24) is 9.88 Å². The highest BCUT2D eigenvalue weighted by molar-refractivity contribution is 6.40. The van der Waals surface area contributed by atoms with Crippen LogP contribution in [0.5, 0.6) is 0 Å². The maximum absolute atomic E-state index is 13.6. The lowest BCUT2D eigenvalue weighted by atomic mass is 9.67. The van der Waals surface area contributed by atoms with Gasteiger partial charge in [-0.05, 0) is 79.0 Å². The molecule has 0 unspecified atom stereocenters. The summed E-state index contributed by atoms with van der Waals surface area (Å²) in [4.78, 5) is 25.1. The van der Waals surface area contributed by atoms with E-state index in [1.54, 1.807) is 6.92 Å². The Morgan fingerprint density at radius 1 is 1.05 bits per heavy atom. The molecule has 1 heterocycles. The van der Waals surface area contributed by atoms with Gasteiger partial charge in [-0.1, -0.05) is 89.1 Å². The fourth-order valence-corrected chi connectivity index (χ4v) is 7.20. The second-order valence-electron chi connectivity index (χ2n) is 14.0. The molecule has 1 aromatic heterocycles. The topological polar surface area (TPSA) is 71.3 Å². The molecule has 3 saturated carbocycles.